The highest BCUT2D eigenvalue weighted by Crippen LogP contribution is 2.41. The molecule has 2 aromatic carbocycles. The number of benzene rings is 2. The number of nitrogens with one attached hydrogen (secondary N) is 3. The molecule has 1 saturated heterocycles. The number of carbonyl (C=O) groups is 5. The Hall–Kier alpha value is -3.63. The zero-order valence-electron chi connectivity index (χ0n) is 26.2. The van der Waals surface area contributed by atoms with Gasteiger partial charge in [-0.3, -0.25) is 19.2 Å². The van der Waals surface area contributed by atoms with Gasteiger partial charge in [0.25, 0.3) is 5.91 Å². The van der Waals surface area contributed by atoms with Gasteiger partial charge in [0, 0.05) is 27.9 Å². The van der Waals surface area contributed by atoms with Crippen LogP contribution < -0.4 is 21.7 Å². The number of nitrogens with two attached hydrogens (primary N) is 1. The molecule has 2 aromatic rings. The van der Waals surface area contributed by atoms with Crippen LogP contribution in [0.4, 0.5) is 4.79 Å². The molecule has 1 saturated carbocycles. The molecular weight excluding hydrogens is 631 g/mol. The predicted molar refractivity (Wildman–Crippen MR) is 175 cm³/mol. The smallest absolute Gasteiger partial charge is 0.408 e. The highest BCUT2D eigenvalue weighted by molar-refractivity contribution is 6.38. The van der Waals surface area contributed by atoms with Gasteiger partial charge >= 0.3 is 6.09 Å². The molecule has 10 nitrogen and oxygen atoms in total. The fourth-order valence-electron chi connectivity index (χ4n) is 6.41. The minimum atomic E-state index is -1.31. The molecule has 1 unspecified atom stereocenters. The molecule has 4 amide bonds. The summed E-state index contributed by atoms with van der Waals surface area (Å²) in [5.74, 6) is -3.53. The summed E-state index contributed by atoms with van der Waals surface area (Å²) in [6.45, 7) is 4.29. The van der Waals surface area contributed by atoms with Crippen molar-refractivity contribution in [2.75, 3.05) is 6.54 Å². The third-order valence-corrected chi connectivity index (χ3v) is 9.57. The Kier molecular flexibility index (Phi) is 12.1. The average molecular weight is 674 g/mol. The van der Waals surface area contributed by atoms with Crippen molar-refractivity contribution in [1.29, 1.82) is 0 Å². The van der Waals surface area contributed by atoms with Crippen LogP contribution in [0.3, 0.4) is 0 Å². The van der Waals surface area contributed by atoms with E-state index in [1.807, 2.05) is 32.0 Å². The number of Topliss-reactive ketones (excluding diaryl/α,β-unsaturated/α-hetero) is 1. The average Bonchev–Trinajstić information content (AvgIpc) is 3.43. The van der Waals surface area contributed by atoms with Crippen molar-refractivity contribution in [2.45, 2.75) is 88.8 Å². The molecule has 0 aromatic heterocycles. The Morgan fingerprint density at radius 1 is 0.935 bits per heavy atom. The number of ketones is 1. The third kappa shape index (κ3) is 9.22. The van der Waals surface area contributed by atoms with Gasteiger partial charge < -0.3 is 26.4 Å². The molecule has 12 heteroatoms. The second-order valence-electron chi connectivity index (χ2n) is 12.8. The maximum Gasteiger partial charge on any atom is 0.408 e. The molecule has 0 spiro atoms. The van der Waals surface area contributed by atoms with Crippen LogP contribution in [0.5, 0.6) is 0 Å². The zero-order valence-corrected chi connectivity index (χ0v) is 27.7. The van der Waals surface area contributed by atoms with Crippen molar-refractivity contribution < 1.29 is 28.7 Å². The summed E-state index contributed by atoms with van der Waals surface area (Å²) < 4.78 is 6.11. The van der Waals surface area contributed by atoms with E-state index in [0.717, 1.165) is 37.7 Å². The minimum Gasteiger partial charge on any atom is -0.440 e. The van der Waals surface area contributed by atoms with E-state index in [9.17, 15) is 24.0 Å². The Labute approximate surface area is 279 Å². The van der Waals surface area contributed by atoms with Gasteiger partial charge in [0.1, 0.15) is 12.1 Å². The van der Waals surface area contributed by atoms with Crippen LogP contribution in [-0.4, -0.2) is 48.2 Å². The van der Waals surface area contributed by atoms with Gasteiger partial charge in [-0.2, -0.15) is 0 Å². The number of primary amides is 1. The quantitative estimate of drug-likeness (QED) is 0.216. The number of ether oxygens (including phenoxy) is 1. The van der Waals surface area contributed by atoms with Crippen LogP contribution in [0.1, 0.15) is 82.4 Å². The van der Waals surface area contributed by atoms with Crippen LogP contribution in [0.25, 0.3) is 0 Å². The lowest BCUT2D eigenvalue weighted by Gasteiger charge is -2.35. The minimum absolute atomic E-state index is 0.0770. The maximum atomic E-state index is 13.8. The third-order valence-electron chi connectivity index (χ3n) is 9.08. The van der Waals surface area contributed by atoms with E-state index in [1.165, 1.54) is 0 Å². The van der Waals surface area contributed by atoms with E-state index >= 15 is 0 Å². The maximum absolute atomic E-state index is 13.8. The molecule has 4 rings (SSSR count). The van der Waals surface area contributed by atoms with E-state index in [2.05, 4.69) is 16.0 Å². The van der Waals surface area contributed by atoms with Crippen molar-refractivity contribution in [3.8, 4) is 0 Å². The van der Waals surface area contributed by atoms with Crippen molar-refractivity contribution in [3.05, 3.63) is 69.7 Å². The van der Waals surface area contributed by atoms with Crippen LogP contribution >= 0.6 is 23.2 Å². The van der Waals surface area contributed by atoms with Gasteiger partial charge in [0.2, 0.25) is 17.6 Å². The molecule has 248 valence electrons. The molecule has 2 fully saturated rings. The lowest BCUT2D eigenvalue weighted by molar-refractivity contribution is -0.139. The summed E-state index contributed by atoms with van der Waals surface area (Å²) in [7, 11) is 0. The summed E-state index contributed by atoms with van der Waals surface area (Å²) in [6, 6.07) is 11.9. The number of halogens is 2. The van der Waals surface area contributed by atoms with E-state index in [0.29, 0.717) is 35.0 Å². The lowest BCUT2D eigenvalue weighted by Crippen LogP contribution is -2.54. The predicted octanol–water partition coefficient (Wildman–Crippen LogP) is 5.14. The number of carbonyl (C=O) groups excluding carboxylic acids is 5. The molecule has 0 radical (unpaired) electrons. The first-order chi connectivity index (χ1) is 21.8. The Morgan fingerprint density at radius 3 is 2.24 bits per heavy atom. The second-order valence-corrected chi connectivity index (χ2v) is 13.7. The first-order valence-electron chi connectivity index (χ1n) is 15.8. The van der Waals surface area contributed by atoms with Gasteiger partial charge in [0.15, 0.2) is 0 Å². The molecule has 1 aliphatic carbocycles. The molecular formula is C34H42Cl2N4O6. The van der Waals surface area contributed by atoms with Gasteiger partial charge in [-0.25, -0.2) is 4.79 Å². The van der Waals surface area contributed by atoms with Gasteiger partial charge in [-0.1, -0.05) is 93.4 Å². The van der Waals surface area contributed by atoms with E-state index in [-0.39, 0.29) is 18.2 Å². The number of amides is 4. The lowest BCUT2D eigenvalue weighted by atomic mass is 9.76. The van der Waals surface area contributed by atoms with Crippen molar-refractivity contribution in [1.82, 2.24) is 16.0 Å². The highest BCUT2D eigenvalue weighted by Gasteiger charge is 2.39. The van der Waals surface area contributed by atoms with Gasteiger partial charge in [0.05, 0.1) is 6.04 Å². The van der Waals surface area contributed by atoms with E-state index < -0.39 is 53.2 Å². The molecule has 5 N–H and O–H groups in total. The monoisotopic (exact) mass is 672 g/mol. The number of hydrogen-bond acceptors (Lipinski definition) is 6. The van der Waals surface area contributed by atoms with Crippen LogP contribution in [0.15, 0.2) is 48.5 Å². The van der Waals surface area contributed by atoms with Crippen LogP contribution in [0.2, 0.25) is 10.0 Å². The topological polar surface area (TPSA) is 157 Å². The van der Waals surface area contributed by atoms with Gasteiger partial charge in [-0.15, -0.1) is 0 Å². The standard InChI is InChI=1S/C34H42Cl2N4O6/c1-34(2,23-9-6-10-25(36)19-23)29(21-11-13-24(35)14-12-21)46-33(45)40-27(17-20-7-4-3-5-8-20)32(44)39-26(28(41)30(37)42)18-22-15-16-38-31(22)43/h6,9-14,19-20,22,26-27,29H,3-5,7-8,15-18H2,1-2H3,(H2,37,42)(H,38,43)(H,39,44)(H,40,45)/t22-,26-,27-,29?/m0/s1. The van der Waals surface area contributed by atoms with Gasteiger partial charge in [-0.05, 0) is 60.6 Å². The van der Waals surface area contributed by atoms with E-state index in [4.69, 9.17) is 33.7 Å². The SMILES string of the molecule is CC(C)(c1cccc(Cl)c1)C(OC(=O)N[C@@H](CC1CCCCC1)C(=O)N[C@@H](C[C@@H]1CCNC1=O)C(=O)C(N)=O)c1ccc(Cl)cc1. The summed E-state index contributed by atoms with van der Waals surface area (Å²) in [4.78, 5) is 64.3. The van der Waals surface area contributed by atoms with Crippen LogP contribution in [0, 0.1) is 11.8 Å². The molecule has 46 heavy (non-hydrogen) atoms. The Morgan fingerprint density at radius 2 is 1.63 bits per heavy atom. The second kappa shape index (κ2) is 15.8. The largest absolute Gasteiger partial charge is 0.440 e. The van der Waals surface area contributed by atoms with Crippen molar-refractivity contribution in [3.63, 3.8) is 0 Å². The highest BCUT2D eigenvalue weighted by atomic mass is 35.5. The molecule has 4 atom stereocenters. The molecule has 2 aliphatic rings. The van der Waals surface area contributed by atoms with Crippen molar-refractivity contribution >= 4 is 52.8 Å². The molecule has 1 heterocycles. The first-order valence-corrected chi connectivity index (χ1v) is 16.5. The fourth-order valence-corrected chi connectivity index (χ4v) is 6.73. The fraction of sp³-hybridized carbons (Fsp3) is 0.500. The summed E-state index contributed by atoms with van der Waals surface area (Å²) in [6.07, 6.45) is 3.95. The number of hydrogen-bond donors (Lipinski definition) is 4. The van der Waals surface area contributed by atoms with Crippen LogP contribution in [-0.2, 0) is 29.3 Å². The zero-order chi connectivity index (χ0) is 33.4. The Balaban J connectivity index is 1.58. The number of rotatable bonds is 13. The summed E-state index contributed by atoms with van der Waals surface area (Å²) in [5, 5.41) is 9.13. The Bertz CT molecular complexity index is 1430. The van der Waals surface area contributed by atoms with Crippen molar-refractivity contribution in [2.24, 2.45) is 17.6 Å². The summed E-state index contributed by atoms with van der Waals surface area (Å²) >= 11 is 12.5. The first kappa shape index (κ1) is 35.2. The molecule has 1 aliphatic heterocycles. The molecule has 0 bridgehead atoms. The number of alkyl carbamates (subject to hydrolysis) is 1. The van der Waals surface area contributed by atoms with E-state index in [1.54, 1.807) is 30.3 Å². The normalized spacial score (nSPS) is 19.0. The summed E-state index contributed by atoms with van der Waals surface area (Å²) in [5.41, 5.74) is 6.04.